The summed E-state index contributed by atoms with van der Waals surface area (Å²) in [6, 6.07) is 14.2. The Morgan fingerprint density at radius 1 is 0.917 bits per heavy atom. The number of anilines is 1. The molecule has 0 bridgehead atoms. The lowest BCUT2D eigenvalue weighted by atomic mass is 10.2. The van der Waals surface area contributed by atoms with Gasteiger partial charge >= 0.3 is 6.03 Å². The Kier molecular flexibility index (Phi) is 6.76. The topological polar surface area (TPSA) is 68.8 Å². The van der Waals surface area contributed by atoms with Gasteiger partial charge in [-0.2, -0.15) is 0 Å². The highest BCUT2D eigenvalue weighted by Crippen LogP contribution is 2.30. The maximum atomic E-state index is 11.9. The number of hydrogen-bond donors (Lipinski definition) is 2. The molecule has 2 aromatic rings. The van der Waals surface area contributed by atoms with E-state index in [0.717, 1.165) is 0 Å². The van der Waals surface area contributed by atoms with Crippen LogP contribution in [0.1, 0.15) is 13.8 Å². The van der Waals surface area contributed by atoms with Crippen molar-refractivity contribution in [3.8, 4) is 17.2 Å². The van der Waals surface area contributed by atoms with E-state index in [0.29, 0.717) is 36.1 Å². The molecule has 0 fully saturated rings. The fourth-order valence-electron chi connectivity index (χ4n) is 2.01. The van der Waals surface area contributed by atoms with Crippen LogP contribution >= 0.6 is 0 Å². The van der Waals surface area contributed by atoms with Crippen LogP contribution in [0.25, 0.3) is 0 Å². The number of rotatable bonds is 8. The Morgan fingerprint density at radius 3 is 2.33 bits per heavy atom. The predicted molar refractivity (Wildman–Crippen MR) is 92.9 cm³/mol. The number of benzene rings is 2. The van der Waals surface area contributed by atoms with E-state index < -0.39 is 0 Å². The first-order valence-electron chi connectivity index (χ1n) is 7.85. The average Bonchev–Trinajstić information content (AvgIpc) is 2.58. The highest BCUT2D eigenvalue weighted by molar-refractivity contribution is 5.89. The van der Waals surface area contributed by atoms with Gasteiger partial charge in [0.1, 0.15) is 5.75 Å². The molecule has 2 rings (SSSR count). The molecule has 6 nitrogen and oxygen atoms in total. The van der Waals surface area contributed by atoms with Crippen molar-refractivity contribution in [1.82, 2.24) is 5.32 Å². The van der Waals surface area contributed by atoms with Crippen molar-refractivity contribution in [3.05, 3.63) is 48.5 Å². The fourth-order valence-corrected chi connectivity index (χ4v) is 2.01. The largest absolute Gasteiger partial charge is 0.490 e. The van der Waals surface area contributed by atoms with Crippen molar-refractivity contribution >= 4 is 11.7 Å². The monoisotopic (exact) mass is 330 g/mol. The summed E-state index contributed by atoms with van der Waals surface area (Å²) in [5.41, 5.74) is 0.610. The maximum absolute atomic E-state index is 11.9. The minimum atomic E-state index is -0.363. The van der Waals surface area contributed by atoms with E-state index in [2.05, 4.69) is 10.6 Å². The maximum Gasteiger partial charge on any atom is 0.321 e. The SMILES string of the molecule is CCOc1ccc(NC(=O)NCOc2ccccc2)cc1OCC. The van der Waals surface area contributed by atoms with Gasteiger partial charge < -0.3 is 24.8 Å². The predicted octanol–water partition coefficient (Wildman–Crippen LogP) is 3.64. The van der Waals surface area contributed by atoms with Gasteiger partial charge in [-0.1, -0.05) is 18.2 Å². The number of amides is 2. The van der Waals surface area contributed by atoms with E-state index in [1.165, 1.54) is 0 Å². The molecular weight excluding hydrogens is 308 g/mol. The first kappa shape index (κ1) is 17.5. The van der Waals surface area contributed by atoms with Gasteiger partial charge in [-0.05, 0) is 38.1 Å². The Hall–Kier alpha value is -2.89. The zero-order valence-corrected chi connectivity index (χ0v) is 13.9. The molecule has 0 unspecified atom stereocenters. The Bertz CT molecular complexity index is 647. The van der Waals surface area contributed by atoms with E-state index in [1.54, 1.807) is 18.2 Å². The molecule has 128 valence electrons. The molecule has 2 amide bonds. The molecule has 0 aliphatic heterocycles. The summed E-state index contributed by atoms with van der Waals surface area (Å²) in [7, 11) is 0. The van der Waals surface area contributed by atoms with Gasteiger partial charge in [0.25, 0.3) is 0 Å². The Labute approximate surface area is 141 Å². The standard InChI is InChI=1S/C18H22N2O4/c1-3-22-16-11-10-14(12-17(16)23-4-2)20-18(21)19-13-24-15-8-6-5-7-9-15/h5-12H,3-4,13H2,1-2H3,(H2,19,20,21). The Morgan fingerprint density at radius 2 is 1.62 bits per heavy atom. The van der Waals surface area contributed by atoms with E-state index in [9.17, 15) is 4.79 Å². The lowest BCUT2D eigenvalue weighted by Crippen LogP contribution is -2.32. The van der Waals surface area contributed by atoms with Crippen LogP contribution in [0.15, 0.2) is 48.5 Å². The zero-order valence-electron chi connectivity index (χ0n) is 13.9. The molecule has 2 aromatic carbocycles. The van der Waals surface area contributed by atoms with Crippen LogP contribution < -0.4 is 24.8 Å². The molecule has 0 saturated carbocycles. The number of hydrogen-bond acceptors (Lipinski definition) is 4. The van der Waals surface area contributed by atoms with Crippen LogP contribution in [0.4, 0.5) is 10.5 Å². The highest BCUT2D eigenvalue weighted by Gasteiger charge is 2.08. The van der Waals surface area contributed by atoms with Crippen molar-refractivity contribution in [2.45, 2.75) is 13.8 Å². The number of urea groups is 1. The second kappa shape index (κ2) is 9.29. The van der Waals surface area contributed by atoms with Gasteiger partial charge in [-0.15, -0.1) is 0 Å². The summed E-state index contributed by atoms with van der Waals surface area (Å²) < 4.78 is 16.4. The molecule has 0 aromatic heterocycles. The third kappa shape index (κ3) is 5.39. The van der Waals surface area contributed by atoms with Gasteiger partial charge in [-0.25, -0.2) is 4.79 Å². The minimum absolute atomic E-state index is 0.0746. The lowest BCUT2D eigenvalue weighted by molar-refractivity contribution is 0.234. The lowest BCUT2D eigenvalue weighted by Gasteiger charge is -2.13. The molecule has 0 aliphatic carbocycles. The van der Waals surface area contributed by atoms with E-state index in [4.69, 9.17) is 14.2 Å². The Balaban J connectivity index is 1.87. The molecule has 24 heavy (non-hydrogen) atoms. The summed E-state index contributed by atoms with van der Waals surface area (Å²) in [6.45, 7) is 4.93. The van der Waals surface area contributed by atoms with Crippen LogP contribution in [0.5, 0.6) is 17.2 Å². The molecule has 2 N–H and O–H groups in total. The van der Waals surface area contributed by atoms with E-state index in [1.807, 2.05) is 44.2 Å². The summed E-state index contributed by atoms with van der Waals surface area (Å²) >= 11 is 0. The summed E-state index contributed by atoms with van der Waals surface area (Å²) in [4.78, 5) is 11.9. The molecule has 0 saturated heterocycles. The molecule has 6 heteroatoms. The van der Waals surface area contributed by atoms with Crippen molar-refractivity contribution in [3.63, 3.8) is 0 Å². The summed E-state index contributed by atoms with van der Waals surface area (Å²) in [6.07, 6.45) is 0. The molecular formula is C18H22N2O4. The fraction of sp³-hybridized carbons (Fsp3) is 0.278. The zero-order chi connectivity index (χ0) is 17.2. The summed E-state index contributed by atoms with van der Waals surface area (Å²) in [5.74, 6) is 1.94. The van der Waals surface area contributed by atoms with Crippen molar-refractivity contribution < 1.29 is 19.0 Å². The number of carbonyl (C=O) groups is 1. The second-order valence-electron chi connectivity index (χ2n) is 4.76. The quantitative estimate of drug-likeness (QED) is 0.725. The second-order valence-corrected chi connectivity index (χ2v) is 4.76. The molecule has 0 heterocycles. The van der Waals surface area contributed by atoms with Gasteiger partial charge in [0, 0.05) is 11.8 Å². The first-order chi connectivity index (χ1) is 11.7. The van der Waals surface area contributed by atoms with Gasteiger partial charge in [0.2, 0.25) is 0 Å². The number of nitrogens with one attached hydrogen (secondary N) is 2. The average molecular weight is 330 g/mol. The third-order valence-electron chi connectivity index (χ3n) is 3.02. The first-order valence-corrected chi connectivity index (χ1v) is 7.85. The molecule has 0 spiro atoms. The van der Waals surface area contributed by atoms with Gasteiger partial charge in [0.05, 0.1) is 13.2 Å². The van der Waals surface area contributed by atoms with Crippen LogP contribution in [-0.4, -0.2) is 26.0 Å². The van der Waals surface area contributed by atoms with Crippen molar-refractivity contribution in [1.29, 1.82) is 0 Å². The number of carbonyl (C=O) groups excluding carboxylic acids is 1. The van der Waals surface area contributed by atoms with E-state index >= 15 is 0 Å². The smallest absolute Gasteiger partial charge is 0.321 e. The highest BCUT2D eigenvalue weighted by atomic mass is 16.5. The minimum Gasteiger partial charge on any atom is -0.490 e. The van der Waals surface area contributed by atoms with Crippen LogP contribution in [0.2, 0.25) is 0 Å². The van der Waals surface area contributed by atoms with E-state index in [-0.39, 0.29) is 12.8 Å². The molecule has 0 aliphatic rings. The van der Waals surface area contributed by atoms with Crippen LogP contribution in [0.3, 0.4) is 0 Å². The molecule has 0 atom stereocenters. The normalized spacial score (nSPS) is 9.92. The summed E-state index contributed by atoms with van der Waals surface area (Å²) in [5, 5.41) is 5.36. The number of ether oxygens (including phenoxy) is 3. The molecule has 0 radical (unpaired) electrons. The third-order valence-corrected chi connectivity index (χ3v) is 3.02. The number of para-hydroxylation sites is 1. The van der Waals surface area contributed by atoms with Crippen molar-refractivity contribution in [2.75, 3.05) is 25.3 Å². The van der Waals surface area contributed by atoms with Gasteiger partial charge in [0.15, 0.2) is 18.2 Å². The van der Waals surface area contributed by atoms with Gasteiger partial charge in [-0.3, -0.25) is 0 Å². The van der Waals surface area contributed by atoms with Crippen molar-refractivity contribution in [2.24, 2.45) is 0 Å². The van der Waals surface area contributed by atoms with Crippen LogP contribution in [-0.2, 0) is 0 Å². The van der Waals surface area contributed by atoms with Crippen LogP contribution in [0, 0.1) is 0 Å².